The number of fused-ring (bicyclic) bond motifs is 1. The maximum atomic E-state index is 12.5. The maximum absolute atomic E-state index is 12.5. The first kappa shape index (κ1) is 15.0. The molecule has 0 radical (unpaired) electrons. The van der Waals surface area contributed by atoms with Crippen molar-refractivity contribution in [3.05, 3.63) is 34.0 Å². The quantitative estimate of drug-likeness (QED) is 0.816. The standard InChI is InChI=1S/C15H16N4O4/c1-8-16-12-10(13(20)17-8)7-11(18(2)14(12)21)9-3-5-19(6-4-9)15(22)23/h3,7H,4-6H2,1-2H3,(H,22,23)(H,16,17,20). The van der Waals surface area contributed by atoms with Crippen molar-refractivity contribution >= 4 is 22.6 Å². The topological polar surface area (TPSA) is 109 Å². The molecule has 120 valence electrons. The summed E-state index contributed by atoms with van der Waals surface area (Å²) in [6.45, 7) is 2.24. The summed E-state index contributed by atoms with van der Waals surface area (Å²) in [6.07, 6.45) is 1.32. The van der Waals surface area contributed by atoms with Crippen molar-refractivity contribution in [3.8, 4) is 5.88 Å². The van der Waals surface area contributed by atoms with E-state index in [4.69, 9.17) is 5.11 Å². The van der Waals surface area contributed by atoms with Crippen molar-refractivity contribution in [2.75, 3.05) is 13.1 Å². The van der Waals surface area contributed by atoms with Gasteiger partial charge in [-0.25, -0.2) is 9.78 Å². The van der Waals surface area contributed by atoms with Crippen LogP contribution in [0.5, 0.6) is 5.88 Å². The van der Waals surface area contributed by atoms with Gasteiger partial charge in [0.2, 0.25) is 5.88 Å². The van der Waals surface area contributed by atoms with Gasteiger partial charge in [-0.3, -0.25) is 4.79 Å². The number of aryl methyl sites for hydroxylation is 1. The molecular weight excluding hydrogens is 300 g/mol. The van der Waals surface area contributed by atoms with E-state index in [0.717, 1.165) is 5.57 Å². The lowest BCUT2D eigenvalue weighted by atomic mass is 10.0. The number of nitrogens with zero attached hydrogens (tertiary/aromatic N) is 4. The van der Waals surface area contributed by atoms with Gasteiger partial charge in [0.25, 0.3) is 5.56 Å². The molecule has 2 N–H and O–H groups in total. The van der Waals surface area contributed by atoms with Crippen LogP contribution in [0, 0.1) is 6.92 Å². The predicted octanol–water partition coefficient (Wildman–Crippen LogP) is 1.11. The van der Waals surface area contributed by atoms with Crippen molar-refractivity contribution in [2.45, 2.75) is 13.3 Å². The van der Waals surface area contributed by atoms with Crippen LogP contribution in [0.25, 0.3) is 16.5 Å². The van der Waals surface area contributed by atoms with E-state index < -0.39 is 6.09 Å². The Kier molecular flexibility index (Phi) is 3.51. The highest BCUT2D eigenvalue weighted by molar-refractivity contribution is 5.85. The molecule has 0 saturated heterocycles. The monoisotopic (exact) mass is 316 g/mol. The Bertz CT molecular complexity index is 900. The normalized spacial score (nSPS) is 14.9. The smallest absolute Gasteiger partial charge is 0.407 e. The first-order valence-electron chi connectivity index (χ1n) is 7.13. The van der Waals surface area contributed by atoms with Crippen molar-refractivity contribution in [2.24, 2.45) is 7.05 Å². The predicted molar refractivity (Wildman–Crippen MR) is 83.4 cm³/mol. The fourth-order valence-electron chi connectivity index (χ4n) is 2.75. The Labute approximate surface area is 131 Å². The largest absolute Gasteiger partial charge is 0.493 e. The van der Waals surface area contributed by atoms with Crippen LogP contribution in [-0.4, -0.2) is 48.8 Å². The molecule has 2 aromatic heterocycles. The number of rotatable bonds is 1. The Balaban J connectivity index is 2.15. The van der Waals surface area contributed by atoms with E-state index in [1.54, 1.807) is 26.1 Å². The fraction of sp³-hybridized carbons (Fsp3) is 0.333. The summed E-state index contributed by atoms with van der Waals surface area (Å²) in [5.74, 6) is 0.101. The highest BCUT2D eigenvalue weighted by Crippen LogP contribution is 2.26. The van der Waals surface area contributed by atoms with Crippen molar-refractivity contribution < 1.29 is 15.0 Å². The van der Waals surface area contributed by atoms with Crippen molar-refractivity contribution in [1.29, 1.82) is 0 Å². The van der Waals surface area contributed by atoms with Gasteiger partial charge in [-0.2, -0.15) is 4.98 Å². The Morgan fingerprint density at radius 2 is 2.09 bits per heavy atom. The molecule has 0 bridgehead atoms. The molecule has 0 saturated carbocycles. The fourth-order valence-corrected chi connectivity index (χ4v) is 2.75. The van der Waals surface area contributed by atoms with Gasteiger partial charge >= 0.3 is 6.09 Å². The second kappa shape index (κ2) is 5.38. The molecule has 0 spiro atoms. The summed E-state index contributed by atoms with van der Waals surface area (Å²) in [7, 11) is 1.63. The van der Waals surface area contributed by atoms with Crippen molar-refractivity contribution in [3.63, 3.8) is 0 Å². The maximum Gasteiger partial charge on any atom is 0.407 e. The summed E-state index contributed by atoms with van der Waals surface area (Å²) >= 11 is 0. The van der Waals surface area contributed by atoms with Crippen LogP contribution in [0.1, 0.15) is 17.9 Å². The number of aromatic nitrogens is 3. The number of pyridine rings is 1. The van der Waals surface area contributed by atoms with Gasteiger partial charge < -0.3 is 19.7 Å². The lowest BCUT2D eigenvalue weighted by Gasteiger charge is -2.24. The molecule has 1 amide bonds. The molecule has 8 nitrogen and oxygen atoms in total. The van der Waals surface area contributed by atoms with Gasteiger partial charge in [0.15, 0.2) is 0 Å². The van der Waals surface area contributed by atoms with Gasteiger partial charge in [0, 0.05) is 25.8 Å². The van der Waals surface area contributed by atoms with Crippen LogP contribution in [0.3, 0.4) is 0 Å². The van der Waals surface area contributed by atoms with E-state index in [9.17, 15) is 14.7 Å². The number of carboxylic acid groups (broad SMARTS) is 1. The van der Waals surface area contributed by atoms with E-state index in [2.05, 4.69) is 9.97 Å². The SMILES string of the molecule is Cc1nc(O)c2cc(C3=CCN(C(=O)O)CC3)n(C)c(=O)c2n1. The van der Waals surface area contributed by atoms with Gasteiger partial charge in [-0.05, 0) is 25.0 Å². The number of carbonyl (C=O) groups is 1. The molecule has 0 atom stereocenters. The summed E-state index contributed by atoms with van der Waals surface area (Å²) in [6, 6.07) is 1.67. The summed E-state index contributed by atoms with van der Waals surface area (Å²) in [5.41, 5.74) is 1.35. The summed E-state index contributed by atoms with van der Waals surface area (Å²) in [4.78, 5) is 32.8. The van der Waals surface area contributed by atoms with E-state index in [1.165, 1.54) is 9.47 Å². The minimum atomic E-state index is -0.964. The zero-order valence-electron chi connectivity index (χ0n) is 12.8. The number of hydrogen-bond acceptors (Lipinski definition) is 5. The van der Waals surface area contributed by atoms with Crippen molar-refractivity contribution in [1.82, 2.24) is 19.4 Å². The molecular formula is C15H16N4O4. The lowest BCUT2D eigenvalue weighted by Crippen LogP contribution is -2.34. The molecule has 23 heavy (non-hydrogen) atoms. The highest BCUT2D eigenvalue weighted by atomic mass is 16.4. The molecule has 3 rings (SSSR count). The molecule has 0 aromatic carbocycles. The molecule has 1 aliphatic rings. The molecule has 1 aliphatic heterocycles. The Morgan fingerprint density at radius 1 is 1.35 bits per heavy atom. The average Bonchev–Trinajstić information content (AvgIpc) is 2.51. The second-order valence-electron chi connectivity index (χ2n) is 5.46. The lowest BCUT2D eigenvalue weighted by molar-refractivity contribution is 0.150. The van der Waals surface area contributed by atoms with Crippen LogP contribution in [-0.2, 0) is 7.05 Å². The molecule has 0 unspecified atom stereocenters. The van der Waals surface area contributed by atoms with Gasteiger partial charge in [-0.1, -0.05) is 6.08 Å². The minimum Gasteiger partial charge on any atom is -0.493 e. The number of amides is 1. The van der Waals surface area contributed by atoms with Gasteiger partial charge in [-0.15, -0.1) is 0 Å². The summed E-state index contributed by atoms with van der Waals surface area (Å²) in [5, 5.41) is 19.3. The Morgan fingerprint density at radius 3 is 2.70 bits per heavy atom. The van der Waals surface area contributed by atoms with Crippen LogP contribution in [0.4, 0.5) is 4.79 Å². The molecule has 3 heterocycles. The van der Waals surface area contributed by atoms with Crippen LogP contribution in [0.15, 0.2) is 16.9 Å². The Hall–Kier alpha value is -2.90. The first-order chi connectivity index (χ1) is 10.9. The third-order valence-electron chi connectivity index (χ3n) is 4.00. The third-order valence-corrected chi connectivity index (χ3v) is 4.00. The number of aromatic hydroxyl groups is 1. The second-order valence-corrected chi connectivity index (χ2v) is 5.46. The van der Waals surface area contributed by atoms with E-state index in [1.807, 2.05) is 0 Å². The third kappa shape index (κ3) is 2.52. The molecule has 0 aliphatic carbocycles. The zero-order chi connectivity index (χ0) is 16.7. The van der Waals surface area contributed by atoms with Crippen LogP contribution < -0.4 is 5.56 Å². The minimum absolute atomic E-state index is 0.171. The average molecular weight is 316 g/mol. The molecule has 0 fully saturated rings. The molecule has 2 aromatic rings. The van der Waals surface area contributed by atoms with E-state index in [0.29, 0.717) is 29.9 Å². The zero-order valence-corrected chi connectivity index (χ0v) is 12.8. The number of hydrogen-bond donors (Lipinski definition) is 2. The van der Waals surface area contributed by atoms with Gasteiger partial charge in [0.1, 0.15) is 11.3 Å². The molecule has 8 heteroatoms. The van der Waals surface area contributed by atoms with Gasteiger partial charge in [0.05, 0.1) is 5.39 Å². The highest BCUT2D eigenvalue weighted by Gasteiger charge is 2.20. The first-order valence-corrected chi connectivity index (χ1v) is 7.13. The van der Waals surface area contributed by atoms with Crippen LogP contribution >= 0.6 is 0 Å². The van der Waals surface area contributed by atoms with E-state index >= 15 is 0 Å². The van der Waals surface area contributed by atoms with E-state index in [-0.39, 0.29) is 23.5 Å². The van der Waals surface area contributed by atoms with Crippen LogP contribution in [0.2, 0.25) is 0 Å². The summed E-state index contributed by atoms with van der Waals surface area (Å²) < 4.78 is 1.47.